The zero-order valence-corrected chi connectivity index (χ0v) is 19.6. The van der Waals surface area contributed by atoms with Gasteiger partial charge in [-0.2, -0.15) is 13.2 Å². The van der Waals surface area contributed by atoms with E-state index in [0.717, 1.165) is 23.4 Å². The predicted octanol–water partition coefficient (Wildman–Crippen LogP) is 6.56. The van der Waals surface area contributed by atoms with E-state index in [2.05, 4.69) is 5.32 Å². The number of carboxylic acid groups (broad SMARTS) is 1. The smallest absolute Gasteiger partial charge is 0.416 e. The zero-order chi connectivity index (χ0) is 25.9. The van der Waals surface area contributed by atoms with Crippen LogP contribution in [-0.2, 0) is 6.18 Å². The number of alkyl halides is 3. The Bertz CT molecular complexity index is 1380. The highest BCUT2D eigenvalue weighted by molar-refractivity contribution is 5.93. The Balaban J connectivity index is 1.50. The van der Waals surface area contributed by atoms with Crippen LogP contribution in [0.15, 0.2) is 71.1 Å². The lowest BCUT2D eigenvalue weighted by Gasteiger charge is -2.17. The maximum Gasteiger partial charge on any atom is 0.416 e. The number of hydrogen-bond acceptors (Lipinski definition) is 5. The Morgan fingerprint density at radius 2 is 1.83 bits per heavy atom. The third-order valence-electron chi connectivity index (χ3n) is 5.71. The van der Waals surface area contributed by atoms with Gasteiger partial charge in [-0.1, -0.05) is 18.2 Å². The fourth-order valence-electron chi connectivity index (χ4n) is 3.81. The molecule has 2 N–H and O–H groups in total. The number of ether oxygens (including phenoxy) is 2. The molecule has 3 aromatic carbocycles. The van der Waals surface area contributed by atoms with Gasteiger partial charge in [0.1, 0.15) is 23.7 Å². The molecule has 188 valence electrons. The molecule has 0 spiro atoms. The van der Waals surface area contributed by atoms with Crippen LogP contribution in [0.1, 0.15) is 34.6 Å². The summed E-state index contributed by atoms with van der Waals surface area (Å²) in [7, 11) is 1.59. The molecule has 0 aliphatic carbocycles. The van der Waals surface area contributed by atoms with Crippen LogP contribution < -0.4 is 14.8 Å². The first-order valence-electron chi connectivity index (χ1n) is 11.1. The van der Waals surface area contributed by atoms with E-state index in [0.29, 0.717) is 23.1 Å². The fourth-order valence-corrected chi connectivity index (χ4v) is 3.81. The van der Waals surface area contributed by atoms with Gasteiger partial charge in [0.15, 0.2) is 0 Å². The van der Waals surface area contributed by atoms with Crippen molar-refractivity contribution in [3.8, 4) is 22.6 Å². The first kappa shape index (κ1) is 25.1. The quantitative estimate of drug-likeness (QED) is 0.254. The molecule has 0 fully saturated rings. The summed E-state index contributed by atoms with van der Waals surface area (Å²) in [4.78, 5) is 11.2. The number of furan rings is 1. The minimum absolute atomic E-state index is 0.0156. The SMILES string of the molecule is COc1cccc([C@@H](C)NCCOc2cc(-c3ccc4oc(C(=O)O)cc4c3)cc(C(F)(F)F)c2)c1. The van der Waals surface area contributed by atoms with Crippen molar-refractivity contribution in [3.63, 3.8) is 0 Å². The number of methoxy groups -OCH3 is 1. The summed E-state index contributed by atoms with van der Waals surface area (Å²) >= 11 is 0. The lowest BCUT2D eigenvalue weighted by atomic mass is 10.0. The number of benzene rings is 3. The van der Waals surface area contributed by atoms with Crippen LogP contribution in [0.5, 0.6) is 11.5 Å². The molecule has 1 aromatic heterocycles. The summed E-state index contributed by atoms with van der Waals surface area (Å²) in [6.07, 6.45) is -4.57. The number of rotatable bonds is 9. The van der Waals surface area contributed by atoms with Gasteiger partial charge in [-0.3, -0.25) is 0 Å². The number of hydrogen-bond donors (Lipinski definition) is 2. The van der Waals surface area contributed by atoms with Gasteiger partial charge in [0.05, 0.1) is 12.7 Å². The molecule has 0 saturated heterocycles. The average molecular weight is 499 g/mol. The van der Waals surface area contributed by atoms with Gasteiger partial charge in [0, 0.05) is 18.0 Å². The van der Waals surface area contributed by atoms with E-state index in [4.69, 9.17) is 19.0 Å². The Hall–Kier alpha value is -3.98. The Kier molecular flexibility index (Phi) is 7.21. The van der Waals surface area contributed by atoms with Crippen LogP contribution in [0, 0.1) is 0 Å². The minimum Gasteiger partial charge on any atom is -0.497 e. The van der Waals surface area contributed by atoms with Crippen molar-refractivity contribution in [2.24, 2.45) is 0 Å². The normalized spacial score (nSPS) is 12.5. The number of carbonyl (C=O) groups is 1. The van der Waals surface area contributed by atoms with Crippen LogP contribution in [0.2, 0.25) is 0 Å². The molecule has 0 unspecified atom stereocenters. The van der Waals surface area contributed by atoms with Crippen molar-refractivity contribution in [2.75, 3.05) is 20.3 Å². The molecule has 1 heterocycles. The first-order valence-corrected chi connectivity index (χ1v) is 11.1. The third-order valence-corrected chi connectivity index (χ3v) is 5.71. The van der Waals surface area contributed by atoms with Gasteiger partial charge < -0.3 is 24.3 Å². The molecule has 36 heavy (non-hydrogen) atoms. The van der Waals surface area contributed by atoms with Gasteiger partial charge in [-0.05, 0) is 72.1 Å². The van der Waals surface area contributed by atoms with Gasteiger partial charge in [-0.25, -0.2) is 4.79 Å². The zero-order valence-electron chi connectivity index (χ0n) is 19.6. The van der Waals surface area contributed by atoms with Gasteiger partial charge >= 0.3 is 12.1 Å². The van der Waals surface area contributed by atoms with Crippen LogP contribution in [-0.4, -0.2) is 31.3 Å². The molecule has 4 aromatic rings. The second kappa shape index (κ2) is 10.3. The van der Waals surface area contributed by atoms with Gasteiger partial charge in [0.25, 0.3) is 0 Å². The summed E-state index contributed by atoms with van der Waals surface area (Å²) < 4.78 is 56.9. The molecule has 0 amide bonds. The van der Waals surface area contributed by atoms with Crippen LogP contribution >= 0.6 is 0 Å². The highest BCUT2D eigenvalue weighted by atomic mass is 19.4. The average Bonchev–Trinajstić information content (AvgIpc) is 3.30. The Morgan fingerprint density at radius 3 is 2.56 bits per heavy atom. The van der Waals surface area contributed by atoms with Crippen molar-refractivity contribution in [2.45, 2.75) is 19.1 Å². The second-order valence-corrected chi connectivity index (χ2v) is 8.21. The highest BCUT2D eigenvalue weighted by Crippen LogP contribution is 2.36. The number of halogens is 3. The minimum atomic E-state index is -4.57. The molecular formula is C27H24F3NO5. The molecule has 1 atom stereocenters. The first-order chi connectivity index (χ1) is 17.1. The van der Waals surface area contributed by atoms with E-state index in [1.807, 2.05) is 31.2 Å². The number of nitrogens with one attached hydrogen (secondary N) is 1. The lowest BCUT2D eigenvalue weighted by molar-refractivity contribution is -0.137. The largest absolute Gasteiger partial charge is 0.497 e. The molecular weight excluding hydrogens is 475 g/mol. The summed E-state index contributed by atoms with van der Waals surface area (Å²) in [6, 6.07) is 17.1. The van der Waals surface area contributed by atoms with E-state index in [9.17, 15) is 18.0 Å². The molecule has 0 aliphatic heterocycles. The molecule has 0 bridgehead atoms. The summed E-state index contributed by atoms with van der Waals surface area (Å²) in [5.74, 6) is -0.654. The van der Waals surface area contributed by atoms with E-state index in [1.54, 1.807) is 19.2 Å². The second-order valence-electron chi connectivity index (χ2n) is 8.21. The predicted molar refractivity (Wildman–Crippen MR) is 129 cm³/mol. The molecule has 6 nitrogen and oxygen atoms in total. The van der Waals surface area contributed by atoms with Crippen molar-refractivity contribution < 1.29 is 37.0 Å². The Morgan fingerprint density at radius 1 is 1.03 bits per heavy atom. The highest BCUT2D eigenvalue weighted by Gasteiger charge is 2.31. The van der Waals surface area contributed by atoms with Gasteiger partial charge in [-0.15, -0.1) is 0 Å². The molecule has 4 rings (SSSR count). The van der Waals surface area contributed by atoms with Gasteiger partial charge in [0.2, 0.25) is 5.76 Å². The number of fused-ring (bicyclic) bond motifs is 1. The van der Waals surface area contributed by atoms with Crippen LogP contribution in [0.4, 0.5) is 13.2 Å². The molecule has 0 saturated carbocycles. The summed E-state index contributed by atoms with van der Waals surface area (Å²) in [5.41, 5.74) is 1.26. The molecule has 0 radical (unpaired) electrons. The Labute approximate surface area is 205 Å². The van der Waals surface area contributed by atoms with E-state index in [1.165, 1.54) is 18.2 Å². The van der Waals surface area contributed by atoms with Crippen molar-refractivity contribution in [3.05, 3.63) is 83.6 Å². The fraction of sp³-hybridized carbons (Fsp3) is 0.222. The molecule has 0 aliphatic rings. The van der Waals surface area contributed by atoms with Crippen molar-refractivity contribution in [1.29, 1.82) is 0 Å². The third kappa shape index (κ3) is 5.80. The number of aromatic carboxylic acids is 1. The topological polar surface area (TPSA) is 80.9 Å². The number of carboxylic acids is 1. The summed E-state index contributed by atoms with van der Waals surface area (Å²) in [5, 5.41) is 12.9. The monoisotopic (exact) mass is 499 g/mol. The van der Waals surface area contributed by atoms with E-state index >= 15 is 0 Å². The summed E-state index contributed by atoms with van der Waals surface area (Å²) in [6.45, 7) is 2.53. The van der Waals surface area contributed by atoms with Crippen LogP contribution in [0.3, 0.4) is 0 Å². The maximum absolute atomic E-state index is 13.6. The van der Waals surface area contributed by atoms with Crippen LogP contribution in [0.25, 0.3) is 22.1 Å². The van der Waals surface area contributed by atoms with E-state index in [-0.39, 0.29) is 29.7 Å². The molecule has 9 heteroatoms. The van der Waals surface area contributed by atoms with E-state index < -0.39 is 17.7 Å². The standard InChI is InChI=1S/C27H24F3NO5/c1-16(17-4-3-5-22(12-17)34-2)31-8-9-35-23-13-19(11-21(15-23)27(28,29)30)18-6-7-24-20(10-18)14-25(36-24)26(32)33/h3-7,10-16,31H,8-9H2,1-2H3,(H,32,33)/t16-/m1/s1. The van der Waals surface area contributed by atoms with Crippen molar-refractivity contribution in [1.82, 2.24) is 5.32 Å². The maximum atomic E-state index is 13.6. The lowest BCUT2D eigenvalue weighted by Crippen LogP contribution is -2.24. The van der Waals surface area contributed by atoms with Crippen molar-refractivity contribution >= 4 is 16.9 Å².